The van der Waals surface area contributed by atoms with Gasteiger partial charge in [0.05, 0.1) is 12.4 Å². The van der Waals surface area contributed by atoms with Gasteiger partial charge < -0.3 is 47.0 Å². The quantitative estimate of drug-likeness (QED) is 0.0933. The van der Waals surface area contributed by atoms with Gasteiger partial charge in [-0.25, -0.2) is 9.78 Å². The number of fused-ring (bicyclic) bond motifs is 1. The van der Waals surface area contributed by atoms with Crippen molar-refractivity contribution in [1.29, 1.82) is 0 Å². The van der Waals surface area contributed by atoms with Gasteiger partial charge in [-0.05, 0) is 24.5 Å². The van der Waals surface area contributed by atoms with Gasteiger partial charge in [-0.1, -0.05) is 18.2 Å². The second-order valence-electron chi connectivity index (χ2n) is 9.84. The molecule has 0 spiro atoms. The summed E-state index contributed by atoms with van der Waals surface area (Å²) in [5.74, 6) is -6.34. The molecule has 0 saturated carbocycles. The zero-order chi connectivity index (χ0) is 31.5. The van der Waals surface area contributed by atoms with Crippen molar-refractivity contribution in [2.45, 2.75) is 62.7 Å². The minimum atomic E-state index is -1.54. The summed E-state index contributed by atoms with van der Waals surface area (Å²) in [5.41, 5.74) is 7.66. The molecule has 10 N–H and O–H groups in total. The molecular formula is C27H33N7O9. The zero-order valence-corrected chi connectivity index (χ0v) is 22.9. The lowest BCUT2D eigenvalue weighted by molar-refractivity contribution is -0.143. The van der Waals surface area contributed by atoms with Crippen LogP contribution in [0.25, 0.3) is 10.9 Å². The second kappa shape index (κ2) is 15.1. The number of carboxylic acid groups (broad SMARTS) is 3. The van der Waals surface area contributed by atoms with Gasteiger partial charge in [0.1, 0.15) is 18.1 Å². The third-order valence-electron chi connectivity index (χ3n) is 6.61. The van der Waals surface area contributed by atoms with Gasteiger partial charge in [-0.15, -0.1) is 0 Å². The number of benzene rings is 1. The van der Waals surface area contributed by atoms with E-state index in [4.69, 9.17) is 15.9 Å². The third-order valence-corrected chi connectivity index (χ3v) is 6.61. The summed E-state index contributed by atoms with van der Waals surface area (Å²) < 4.78 is 0. The number of H-pyrrole nitrogens is 2. The van der Waals surface area contributed by atoms with Crippen molar-refractivity contribution in [3.05, 3.63) is 54.2 Å². The molecule has 2 aromatic heterocycles. The summed E-state index contributed by atoms with van der Waals surface area (Å²) in [5, 5.41) is 35.5. The topological polar surface area (TPSA) is 270 Å². The first kappa shape index (κ1) is 32.3. The van der Waals surface area contributed by atoms with Crippen LogP contribution in [0.2, 0.25) is 0 Å². The van der Waals surface area contributed by atoms with E-state index in [0.717, 1.165) is 10.9 Å². The Balaban J connectivity index is 1.86. The molecule has 0 aliphatic rings. The summed E-state index contributed by atoms with van der Waals surface area (Å²) in [7, 11) is 0. The lowest BCUT2D eigenvalue weighted by Gasteiger charge is -2.25. The highest BCUT2D eigenvalue weighted by atomic mass is 16.4. The number of aromatic amines is 2. The molecule has 0 fully saturated rings. The van der Waals surface area contributed by atoms with E-state index in [9.17, 15) is 33.9 Å². The molecule has 3 aromatic rings. The predicted octanol–water partition coefficient (Wildman–Crippen LogP) is -0.728. The molecule has 16 heteroatoms. The van der Waals surface area contributed by atoms with Crippen molar-refractivity contribution < 1.29 is 44.1 Å². The number of imidazole rings is 1. The van der Waals surface area contributed by atoms with E-state index in [1.807, 2.05) is 6.07 Å². The minimum Gasteiger partial charge on any atom is -0.481 e. The fourth-order valence-corrected chi connectivity index (χ4v) is 4.31. The first-order chi connectivity index (χ1) is 20.4. The molecule has 0 saturated heterocycles. The van der Waals surface area contributed by atoms with Crippen molar-refractivity contribution in [2.75, 3.05) is 0 Å². The number of hydrogen-bond acceptors (Lipinski definition) is 8. The molecule has 230 valence electrons. The first-order valence-electron chi connectivity index (χ1n) is 13.3. The number of carboxylic acids is 3. The minimum absolute atomic E-state index is 0.0876. The Morgan fingerprint density at radius 3 is 2.02 bits per heavy atom. The lowest BCUT2D eigenvalue weighted by Crippen LogP contribution is -2.58. The second-order valence-corrected chi connectivity index (χ2v) is 9.84. The van der Waals surface area contributed by atoms with Crippen LogP contribution < -0.4 is 21.7 Å². The molecular weight excluding hydrogens is 566 g/mol. The van der Waals surface area contributed by atoms with Crippen LogP contribution in [0.5, 0.6) is 0 Å². The molecule has 43 heavy (non-hydrogen) atoms. The molecule has 4 unspecified atom stereocenters. The molecule has 0 radical (unpaired) electrons. The Bertz CT molecular complexity index is 1450. The lowest BCUT2D eigenvalue weighted by atomic mass is 10.0. The number of nitrogens with zero attached hydrogens (tertiary/aromatic N) is 1. The molecule has 0 bridgehead atoms. The maximum Gasteiger partial charge on any atom is 0.326 e. The highest BCUT2D eigenvalue weighted by Crippen LogP contribution is 2.19. The standard InChI is InChI=1S/C27H33N7O9/c28-17(5-7-22(35)36)24(39)33-21(10-15-12-29-13-31-15)26(41)34-20(9-14-11-30-18-4-2-1-3-16(14)18)25(40)32-19(27(42)43)6-8-23(37)38/h1-4,11-13,17,19-21,30H,5-10,28H2,(H,29,31)(H,32,40)(H,33,39)(H,34,41)(H,35,36)(H,37,38)(H,42,43). The number of para-hydroxylation sites is 1. The third kappa shape index (κ3) is 9.67. The van der Waals surface area contributed by atoms with E-state index in [-0.39, 0.29) is 25.7 Å². The Kier molecular flexibility index (Phi) is 11.3. The highest BCUT2D eigenvalue weighted by Gasteiger charge is 2.31. The van der Waals surface area contributed by atoms with Gasteiger partial charge in [0.15, 0.2) is 0 Å². The van der Waals surface area contributed by atoms with Crippen molar-refractivity contribution in [3.8, 4) is 0 Å². The molecule has 0 aliphatic heterocycles. The molecule has 2 heterocycles. The number of nitrogens with one attached hydrogen (secondary N) is 5. The van der Waals surface area contributed by atoms with Crippen LogP contribution in [0, 0.1) is 0 Å². The van der Waals surface area contributed by atoms with Gasteiger partial charge in [-0.2, -0.15) is 0 Å². The first-order valence-corrected chi connectivity index (χ1v) is 13.3. The van der Waals surface area contributed by atoms with Crippen LogP contribution in [0.3, 0.4) is 0 Å². The van der Waals surface area contributed by atoms with Crippen molar-refractivity contribution >= 4 is 46.5 Å². The summed E-state index contributed by atoms with van der Waals surface area (Å²) in [6, 6.07) is 1.78. The van der Waals surface area contributed by atoms with E-state index in [1.54, 1.807) is 24.4 Å². The fourth-order valence-electron chi connectivity index (χ4n) is 4.31. The number of amides is 3. The maximum atomic E-state index is 13.6. The van der Waals surface area contributed by atoms with Crippen LogP contribution in [-0.2, 0) is 41.6 Å². The number of rotatable bonds is 17. The van der Waals surface area contributed by atoms with Crippen LogP contribution in [0.1, 0.15) is 36.9 Å². The Morgan fingerprint density at radius 2 is 1.40 bits per heavy atom. The van der Waals surface area contributed by atoms with Crippen LogP contribution in [-0.4, -0.2) is 90.1 Å². The largest absolute Gasteiger partial charge is 0.481 e. The number of aliphatic carboxylic acids is 3. The summed E-state index contributed by atoms with van der Waals surface area (Å²) in [6.07, 6.45) is 2.78. The Morgan fingerprint density at radius 1 is 0.791 bits per heavy atom. The normalized spacial score (nSPS) is 13.8. The van der Waals surface area contributed by atoms with E-state index in [0.29, 0.717) is 11.3 Å². The summed E-state index contributed by atoms with van der Waals surface area (Å²) in [4.78, 5) is 83.1. The number of hydrogen-bond donors (Lipinski definition) is 9. The molecule has 4 atom stereocenters. The predicted molar refractivity (Wildman–Crippen MR) is 149 cm³/mol. The van der Waals surface area contributed by atoms with E-state index in [1.165, 1.54) is 12.5 Å². The summed E-state index contributed by atoms with van der Waals surface area (Å²) >= 11 is 0. The van der Waals surface area contributed by atoms with Gasteiger partial charge in [0.25, 0.3) is 0 Å². The maximum absolute atomic E-state index is 13.6. The number of aromatic nitrogens is 3. The zero-order valence-electron chi connectivity index (χ0n) is 22.9. The Hall–Kier alpha value is -5.25. The molecule has 1 aromatic carbocycles. The molecule has 16 nitrogen and oxygen atoms in total. The van der Waals surface area contributed by atoms with Gasteiger partial charge in [0, 0.05) is 54.7 Å². The molecule has 3 amide bonds. The SMILES string of the molecule is NC(CCC(=O)O)C(=O)NC(Cc1cnc[nH]1)C(=O)NC(Cc1c[nH]c2ccccc12)C(=O)NC(CCC(=O)O)C(=O)O. The van der Waals surface area contributed by atoms with Gasteiger partial charge in [0.2, 0.25) is 17.7 Å². The van der Waals surface area contributed by atoms with Crippen LogP contribution in [0.15, 0.2) is 43.0 Å². The van der Waals surface area contributed by atoms with E-state index >= 15 is 0 Å². The monoisotopic (exact) mass is 599 g/mol. The average Bonchev–Trinajstić information content (AvgIpc) is 3.62. The van der Waals surface area contributed by atoms with Crippen LogP contribution in [0.4, 0.5) is 0 Å². The van der Waals surface area contributed by atoms with E-state index in [2.05, 4.69) is 30.9 Å². The number of carbonyl (C=O) groups excluding carboxylic acids is 3. The Labute approximate surface area is 244 Å². The summed E-state index contributed by atoms with van der Waals surface area (Å²) in [6.45, 7) is 0. The van der Waals surface area contributed by atoms with Crippen molar-refractivity contribution in [3.63, 3.8) is 0 Å². The molecule has 0 aliphatic carbocycles. The van der Waals surface area contributed by atoms with Gasteiger partial charge in [-0.3, -0.25) is 24.0 Å². The van der Waals surface area contributed by atoms with E-state index < -0.39 is 72.6 Å². The highest BCUT2D eigenvalue weighted by molar-refractivity contribution is 5.95. The average molecular weight is 600 g/mol. The fraction of sp³-hybridized carbons (Fsp3) is 0.370. The smallest absolute Gasteiger partial charge is 0.326 e. The van der Waals surface area contributed by atoms with Gasteiger partial charge >= 0.3 is 17.9 Å². The number of carbonyl (C=O) groups is 6. The van der Waals surface area contributed by atoms with Crippen molar-refractivity contribution in [2.24, 2.45) is 5.73 Å². The molecule has 3 rings (SSSR count). The number of nitrogens with two attached hydrogens (primary N) is 1. The van der Waals surface area contributed by atoms with Crippen LogP contribution >= 0.6 is 0 Å². The van der Waals surface area contributed by atoms with Crippen molar-refractivity contribution in [1.82, 2.24) is 30.9 Å².